The quantitative estimate of drug-likeness (QED) is 0.617. The number of hydrogen-bond acceptors (Lipinski definition) is 6. The molecule has 7 heteroatoms. The molecule has 0 aliphatic carbocycles. The van der Waals surface area contributed by atoms with Gasteiger partial charge in [0.1, 0.15) is 12.2 Å². The first-order valence-electron chi connectivity index (χ1n) is 9.04. The zero-order chi connectivity index (χ0) is 19.2. The highest BCUT2D eigenvalue weighted by molar-refractivity contribution is 5.91. The number of carbonyl (C=O) groups excluding carboxylic acids is 1. The summed E-state index contributed by atoms with van der Waals surface area (Å²) in [6.45, 7) is 4.03. The van der Waals surface area contributed by atoms with Crippen LogP contribution in [0.2, 0.25) is 0 Å². The molecule has 0 unspecified atom stereocenters. The van der Waals surface area contributed by atoms with E-state index in [4.69, 9.17) is 4.74 Å². The molecule has 1 N–H and O–H groups in total. The smallest absolute Gasteiger partial charge is 0.327 e. The summed E-state index contributed by atoms with van der Waals surface area (Å²) in [7, 11) is 4.10. The van der Waals surface area contributed by atoms with Crippen LogP contribution in [0.25, 0.3) is 22.3 Å². The number of aromatic nitrogens is 3. The molecule has 0 atom stereocenters. The number of likely N-dealkylation sites (N-methyl/N-ethyl adjacent to an activating group) is 1. The third kappa shape index (κ3) is 4.62. The van der Waals surface area contributed by atoms with Crippen LogP contribution in [-0.4, -0.2) is 59.4 Å². The molecule has 7 nitrogen and oxygen atoms in total. The fraction of sp³-hybridized carbons (Fsp3) is 0.350. The van der Waals surface area contributed by atoms with E-state index in [1.165, 1.54) is 0 Å². The van der Waals surface area contributed by atoms with E-state index < -0.39 is 0 Å². The van der Waals surface area contributed by atoms with Crippen molar-refractivity contribution >= 4 is 22.7 Å². The van der Waals surface area contributed by atoms with E-state index in [9.17, 15) is 4.79 Å². The largest absolute Gasteiger partial charge is 0.465 e. The number of hydrogen-bond donors (Lipinski definition) is 1. The predicted molar refractivity (Wildman–Crippen MR) is 107 cm³/mol. The Bertz CT molecular complexity index is 902. The lowest BCUT2D eigenvalue weighted by Crippen LogP contribution is -2.20. The Morgan fingerprint density at radius 2 is 2.00 bits per heavy atom. The van der Waals surface area contributed by atoms with Crippen molar-refractivity contribution in [2.24, 2.45) is 0 Å². The predicted octanol–water partition coefficient (Wildman–Crippen LogP) is 2.63. The number of nitrogens with one attached hydrogen (secondary N) is 1. The van der Waals surface area contributed by atoms with Gasteiger partial charge in [-0.05, 0) is 45.3 Å². The van der Waals surface area contributed by atoms with Gasteiger partial charge in [-0.3, -0.25) is 4.79 Å². The molecule has 0 radical (unpaired) electrons. The summed E-state index contributed by atoms with van der Waals surface area (Å²) in [5, 5.41) is 8.93. The van der Waals surface area contributed by atoms with Crippen LogP contribution in [-0.2, 0) is 16.1 Å². The van der Waals surface area contributed by atoms with Crippen molar-refractivity contribution in [1.29, 1.82) is 0 Å². The number of esters is 1. The third-order valence-electron chi connectivity index (χ3n) is 4.14. The molecular formula is C20H25N5O2. The molecule has 2 aromatic heterocycles. The van der Waals surface area contributed by atoms with Gasteiger partial charge in [-0.1, -0.05) is 12.1 Å². The molecule has 142 valence electrons. The zero-order valence-electron chi connectivity index (χ0n) is 16.0. The van der Waals surface area contributed by atoms with E-state index >= 15 is 0 Å². The minimum absolute atomic E-state index is 0.0472. The number of benzene rings is 1. The Balaban J connectivity index is 1.84. The van der Waals surface area contributed by atoms with Crippen molar-refractivity contribution in [3.8, 4) is 11.3 Å². The van der Waals surface area contributed by atoms with Crippen LogP contribution in [0.5, 0.6) is 0 Å². The van der Waals surface area contributed by atoms with Crippen LogP contribution in [0, 0.1) is 0 Å². The number of anilines is 1. The Morgan fingerprint density at radius 1 is 1.22 bits per heavy atom. The first kappa shape index (κ1) is 18.8. The Kier molecular flexibility index (Phi) is 6.03. The second-order valence-corrected chi connectivity index (χ2v) is 6.49. The molecule has 0 saturated carbocycles. The fourth-order valence-electron chi connectivity index (χ4n) is 2.83. The topological polar surface area (TPSA) is 72.3 Å². The van der Waals surface area contributed by atoms with Crippen LogP contribution in [0.4, 0.5) is 5.69 Å². The zero-order valence-corrected chi connectivity index (χ0v) is 16.0. The average Bonchev–Trinajstić information content (AvgIpc) is 3.01. The van der Waals surface area contributed by atoms with Gasteiger partial charge in [0.15, 0.2) is 5.65 Å². The van der Waals surface area contributed by atoms with Crippen molar-refractivity contribution in [3.05, 3.63) is 42.6 Å². The van der Waals surface area contributed by atoms with Crippen molar-refractivity contribution in [2.75, 3.05) is 39.1 Å². The van der Waals surface area contributed by atoms with Crippen LogP contribution in [0.15, 0.2) is 42.6 Å². The highest BCUT2D eigenvalue weighted by Crippen LogP contribution is 2.27. The second kappa shape index (κ2) is 8.64. The monoisotopic (exact) mass is 367 g/mol. The SMILES string of the molecule is CCOC(=O)Cn1nc(-c2ccc(NCCN(C)C)cc2)c2cccnc21. The second-order valence-electron chi connectivity index (χ2n) is 6.49. The van der Waals surface area contributed by atoms with Gasteiger partial charge < -0.3 is 15.0 Å². The molecular weight excluding hydrogens is 342 g/mol. The van der Waals surface area contributed by atoms with E-state index in [1.54, 1.807) is 17.8 Å². The molecule has 3 rings (SSSR count). The van der Waals surface area contributed by atoms with Gasteiger partial charge in [-0.2, -0.15) is 5.10 Å². The summed E-state index contributed by atoms with van der Waals surface area (Å²) in [6, 6.07) is 12.0. The number of fused-ring (bicyclic) bond motifs is 1. The number of nitrogens with zero attached hydrogens (tertiary/aromatic N) is 4. The van der Waals surface area contributed by atoms with Crippen molar-refractivity contribution in [1.82, 2.24) is 19.7 Å². The van der Waals surface area contributed by atoms with E-state index in [0.717, 1.165) is 35.4 Å². The minimum Gasteiger partial charge on any atom is -0.465 e. The van der Waals surface area contributed by atoms with E-state index in [-0.39, 0.29) is 12.5 Å². The van der Waals surface area contributed by atoms with Gasteiger partial charge in [0.05, 0.1) is 6.61 Å². The van der Waals surface area contributed by atoms with Gasteiger partial charge in [0.2, 0.25) is 0 Å². The maximum Gasteiger partial charge on any atom is 0.327 e. The molecule has 3 aromatic rings. The van der Waals surface area contributed by atoms with Crippen molar-refractivity contribution < 1.29 is 9.53 Å². The highest BCUT2D eigenvalue weighted by Gasteiger charge is 2.15. The maximum atomic E-state index is 11.9. The van der Waals surface area contributed by atoms with Crippen molar-refractivity contribution in [3.63, 3.8) is 0 Å². The highest BCUT2D eigenvalue weighted by atomic mass is 16.5. The molecule has 1 aromatic carbocycles. The Labute approximate surface area is 159 Å². The first-order valence-corrected chi connectivity index (χ1v) is 9.04. The molecule has 0 spiro atoms. The molecule has 0 saturated heterocycles. The number of ether oxygens (including phenoxy) is 1. The van der Waals surface area contributed by atoms with Gasteiger partial charge in [-0.25, -0.2) is 9.67 Å². The lowest BCUT2D eigenvalue weighted by molar-refractivity contribution is -0.143. The summed E-state index contributed by atoms with van der Waals surface area (Å²) in [5.74, 6) is -0.320. The van der Waals surface area contributed by atoms with Gasteiger partial charge in [0, 0.05) is 35.9 Å². The van der Waals surface area contributed by atoms with Crippen LogP contribution in [0.3, 0.4) is 0 Å². The van der Waals surface area contributed by atoms with Crippen LogP contribution < -0.4 is 5.32 Å². The molecule has 0 amide bonds. The van der Waals surface area contributed by atoms with Crippen LogP contribution >= 0.6 is 0 Å². The third-order valence-corrected chi connectivity index (χ3v) is 4.14. The van der Waals surface area contributed by atoms with Gasteiger partial charge >= 0.3 is 5.97 Å². The number of rotatable bonds is 8. The molecule has 0 aliphatic rings. The molecule has 2 heterocycles. The molecule has 27 heavy (non-hydrogen) atoms. The number of carbonyl (C=O) groups is 1. The lowest BCUT2D eigenvalue weighted by Gasteiger charge is -2.11. The van der Waals surface area contributed by atoms with Gasteiger partial charge in [0.25, 0.3) is 0 Å². The minimum atomic E-state index is -0.320. The normalized spacial score (nSPS) is 11.1. The summed E-state index contributed by atoms with van der Waals surface area (Å²) in [4.78, 5) is 18.4. The summed E-state index contributed by atoms with van der Waals surface area (Å²) in [6.07, 6.45) is 1.70. The van der Waals surface area contributed by atoms with Crippen molar-refractivity contribution in [2.45, 2.75) is 13.5 Å². The van der Waals surface area contributed by atoms with Crippen LogP contribution in [0.1, 0.15) is 6.92 Å². The Morgan fingerprint density at radius 3 is 2.70 bits per heavy atom. The van der Waals surface area contributed by atoms with E-state index in [1.807, 2.05) is 36.4 Å². The Hall–Kier alpha value is -2.93. The first-order chi connectivity index (χ1) is 13.1. The lowest BCUT2D eigenvalue weighted by atomic mass is 10.1. The molecule has 0 bridgehead atoms. The molecule has 0 aliphatic heterocycles. The van der Waals surface area contributed by atoms with E-state index in [2.05, 4.69) is 34.4 Å². The van der Waals surface area contributed by atoms with E-state index in [0.29, 0.717) is 12.3 Å². The maximum absolute atomic E-state index is 11.9. The average molecular weight is 367 g/mol. The standard InChI is InChI=1S/C20H25N5O2/c1-4-27-18(26)14-25-20-17(6-5-11-22-20)19(23-25)15-7-9-16(10-8-15)21-12-13-24(2)3/h5-11,21H,4,12-14H2,1-3H3. The summed E-state index contributed by atoms with van der Waals surface area (Å²) >= 11 is 0. The number of pyridine rings is 1. The molecule has 0 fully saturated rings. The summed E-state index contributed by atoms with van der Waals surface area (Å²) < 4.78 is 6.64. The summed E-state index contributed by atoms with van der Waals surface area (Å²) in [5.41, 5.74) is 3.53. The van der Waals surface area contributed by atoms with Gasteiger partial charge in [-0.15, -0.1) is 0 Å². The fourth-order valence-corrected chi connectivity index (χ4v) is 2.83.